The highest BCUT2D eigenvalue weighted by Gasteiger charge is 2.31. The maximum Gasteiger partial charge on any atom is 0.314 e. The van der Waals surface area contributed by atoms with Crippen molar-refractivity contribution in [3.8, 4) is 0 Å². The fourth-order valence-electron chi connectivity index (χ4n) is 1.23. The smallest absolute Gasteiger partial charge is 0.314 e. The molecule has 1 unspecified atom stereocenters. The molecule has 0 aromatic heterocycles. The number of sulfone groups is 1. The van der Waals surface area contributed by atoms with Crippen LogP contribution in [-0.4, -0.2) is 50.6 Å². The average molecular weight is 294 g/mol. The molecule has 2 amide bonds. The van der Waals surface area contributed by atoms with E-state index in [0.29, 0.717) is 12.8 Å². The number of carboxylic acid groups (broad SMARTS) is 1. The minimum atomic E-state index is -3.02. The van der Waals surface area contributed by atoms with Crippen LogP contribution in [0.2, 0.25) is 0 Å². The molecule has 0 aromatic rings. The maximum absolute atomic E-state index is 11.4. The molecule has 112 valence electrons. The molecule has 8 heteroatoms. The van der Waals surface area contributed by atoms with Gasteiger partial charge in [0.05, 0.1) is 11.2 Å². The Labute approximate surface area is 113 Å². The second kappa shape index (κ2) is 7.32. The lowest BCUT2D eigenvalue weighted by Gasteiger charge is -2.23. The molecule has 0 aliphatic carbocycles. The SMILES string of the molecule is CCC(C)(CNC(=O)NCCCS(C)(=O)=O)C(=O)O. The van der Waals surface area contributed by atoms with Crippen LogP contribution in [0.1, 0.15) is 26.7 Å². The topological polar surface area (TPSA) is 113 Å². The van der Waals surface area contributed by atoms with Crippen LogP contribution in [0.25, 0.3) is 0 Å². The number of carboxylic acids is 1. The van der Waals surface area contributed by atoms with Gasteiger partial charge in [-0.25, -0.2) is 13.2 Å². The van der Waals surface area contributed by atoms with Crippen molar-refractivity contribution in [2.24, 2.45) is 5.41 Å². The van der Waals surface area contributed by atoms with Gasteiger partial charge in [-0.05, 0) is 19.8 Å². The minimum absolute atomic E-state index is 0.00901. The fourth-order valence-corrected chi connectivity index (χ4v) is 1.89. The lowest BCUT2D eigenvalue weighted by atomic mass is 9.88. The Kier molecular flexibility index (Phi) is 6.82. The summed E-state index contributed by atoms with van der Waals surface area (Å²) in [5, 5.41) is 14.0. The van der Waals surface area contributed by atoms with Crippen molar-refractivity contribution in [3.05, 3.63) is 0 Å². The van der Waals surface area contributed by atoms with Crippen LogP contribution in [0, 0.1) is 5.41 Å². The van der Waals surface area contributed by atoms with Crippen molar-refractivity contribution in [2.45, 2.75) is 26.7 Å². The van der Waals surface area contributed by atoms with Crippen LogP contribution in [0.4, 0.5) is 4.79 Å². The standard InChI is InChI=1S/C11H22N2O5S/c1-4-11(2,9(14)15)8-13-10(16)12-6-5-7-19(3,17)18/h4-8H2,1-3H3,(H,14,15)(H2,12,13,16). The first-order valence-corrected chi connectivity index (χ1v) is 8.09. The number of hydrogen-bond acceptors (Lipinski definition) is 4. The van der Waals surface area contributed by atoms with E-state index < -0.39 is 27.3 Å². The molecule has 0 heterocycles. The molecule has 0 saturated carbocycles. The van der Waals surface area contributed by atoms with Crippen LogP contribution in [-0.2, 0) is 14.6 Å². The van der Waals surface area contributed by atoms with Gasteiger partial charge in [-0.1, -0.05) is 6.92 Å². The molecule has 1 atom stereocenters. The summed E-state index contributed by atoms with van der Waals surface area (Å²) < 4.78 is 21.7. The molecule has 0 bridgehead atoms. The number of carbonyl (C=O) groups excluding carboxylic acids is 1. The summed E-state index contributed by atoms with van der Waals surface area (Å²) in [6.45, 7) is 3.55. The highest BCUT2D eigenvalue weighted by Crippen LogP contribution is 2.19. The summed E-state index contributed by atoms with van der Waals surface area (Å²) in [6.07, 6.45) is 1.86. The Morgan fingerprint density at radius 1 is 1.26 bits per heavy atom. The zero-order valence-electron chi connectivity index (χ0n) is 11.5. The van der Waals surface area contributed by atoms with Crippen LogP contribution in [0.5, 0.6) is 0 Å². The van der Waals surface area contributed by atoms with Crippen LogP contribution >= 0.6 is 0 Å². The van der Waals surface area contributed by atoms with E-state index in [1.807, 2.05) is 0 Å². The molecule has 0 aliphatic rings. The number of urea groups is 1. The number of nitrogens with one attached hydrogen (secondary N) is 2. The quantitative estimate of drug-likeness (QED) is 0.554. The molecule has 0 aromatic carbocycles. The lowest BCUT2D eigenvalue weighted by molar-refractivity contribution is -0.147. The predicted molar refractivity (Wildman–Crippen MR) is 71.8 cm³/mol. The first-order chi connectivity index (χ1) is 8.60. The summed E-state index contributed by atoms with van der Waals surface area (Å²) in [4.78, 5) is 22.4. The van der Waals surface area contributed by atoms with Crippen LogP contribution in [0.3, 0.4) is 0 Å². The van der Waals surface area contributed by atoms with E-state index in [2.05, 4.69) is 10.6 Å². The first kappa shape index (κ1) is 17.7. The van der Waals surface area contributed by atoms with Gasteiger partial charge >= 0.3 is 12.0 Å². The molecule has 19 heavy (non-hydrogen) atoms. The Morgan fingerprint density at radius 2 is 1.84 bits per heavy atom. The van der Waals surface area contributed by atoms with E-state index in [-0.39, 0.29) is 18.8 Å². The van der Waals surface area contributed by atoms with E-state index in [9.17, 15) is 18.0 Å². The van der Waals surface area contributed by atoms with Gasteiger partial charge in [0.1, 0.15) is 9.84 Å². The van der Waals surface area contributed by atoms with Crippen molar-refractivity contribution in [2.75, 3.05) is 25.1 Å². The van der Waals surface area contributed by atoms with Gasteiger partial charge in [0.15, 0.2) is 0 Å². The molecule has 0 radical (unpaired) electrons. The largest absolute Gasteiger partial charge is 0.481 e. The summed E-state index contributed by atoms with van der Waals surface area (Å²) in [6, 6.07) is -0.491. The molecule has 0 saturated heterocycles. The average Bonchev–Trinajstić information content (AvgIpc) is 2.30. The highest BCUT2D eigenvalue weighted by atomic mass is 32.2. The molecular formula is C11H22N2O5S. The summed E-state index contributed by atoms with van der Waals surface area (Å²) in [5.41, 5.74) is -0.996. The molecule has 0 fully saturated rings. The van der Waals surface area contributed by atoms with Crippen molar-refractivity contribution in [3.63, 3.8) is 0 Å². The molecule has 0 rings (SSSR count). The first-order valence-electron chi connectivity index (χ1n) is 6.03. The summed E-state index contributed by atoms with van der Waals surface area (Å²) in [7, 11) is -3.02. The van der Waals surface area contributed by atoms with Gasteiger partial charge in [0.25, 0.3) is 0 Å². The van der Waals surface area contributed by atoms with Gasteiger partial charge in [0, 0.05) is 19.3 Å². The third-order valence-corrected chi connectivity index (χ3v) is 3.94. The maximum atomic E-state index is 11.4. The van der Waals surface area contributed by atoms with E-state index >= 15 is 0 Å². The Hall–Kier alpha value is -1.31. The molecule has 0 spiro atoms. The highest BCUT2D eigenvalue weighted by molar-refractivity contribution is 7.90. The normalized spacial score (nSPS) is 14.5. The Balaban J connectivity index is 3.97. The second-order valence-corrected chi connectivity index (χ2v) is 7.07. The predicted octanol–water partition coefficient (Wildman–Crippen LogP) is 0.221. The van der Waals surface area contributed by atoms with Crippen molar-refractivity contribution in [1.82, 2.24) is 10.6 Å². The Bertz CT molecular complexity index is 421. The molecule has 3 N–H and O–H groups in total. The van der Waals surface area contributed by atoms with Gasteiger partial charge in [-0.15, -0.1) is 0 Å². The number of aliphatic carboxylic acids is 1. The van der Waals surface area contributed by atoms with Crippen molar-refractivity contribution >= 4 is 21.8 Å². The monoisotopic (exact) mass is 294 g/mol. The number of rotatable bonds is 8. The minimum Gasteiger partial charge on any atom is -0.481 e. The van der Waals surface area contributed by atoms with E-state index in [1.54, 1.807) is 13.8 Å². The Morgan fingerprint density at radius 3 is 2.26 bits per heavy atom. The van der Waals surface area contributed by atoms with E-state index in [4.69, 9.17) is 5.11 Å². The molecule has 7 nitrogen and oxygen atoms in total. The third kappa shape index (κ3) is 7.66. The summed E-state index contributed by atoms with van der Waals surface area (Å²) in [5.74, 6) is -0.956. The number of carbonyl (C=O) groups is 2. The van der Waals surface area contributed by atoms with Gasteiger partial charge in [-0.2, -0.15) is 0 Å². The zero-order valence-corrected chi connectivity index (χ0v) is 12.3. The van der Waals surface area contributed by atoms with Gasteiger partial charge < -0.3 is 15.7 Å². The van der Waals surface area contributed by atoms with Gasteiger partial charge in [-0.3, -0.25) is 4.79 Å². The number of hydrogen-bond donors (Lipinski definition) is 3. The summed E-state index contributed by atoms with van der Waals surface area (Å²) >= 11 is 0. The second-order valence-electron chi connectivity index (χ2n) is 4.81. The molecular weight excluding hydrogens is 272 g/mol. The zero-order chi connectivity index (χ0) is 15.1. The van der Waals surface area contributed by atoms with Crippen LogP contribution in [0.15, 0.2) is 0 Å². The molecule has 0 aliphatic heterocycles. The third-order valence-electron chi connectivity index (χ3n) is 2.91. The van der Waals surface area contributed by atoms with E-state index in [0.717, 1.165) is 6.26 Å². The lowest BCUT2D eigenvalue weighted by Crippen LogP contribution is -2.44. The van der Waals surface area contributed by atoms with Crippen molar-refractivity contribution in [1.29, 1.82) is 0 Å². The van der Waals surface area contributed by atoms with Crippen LogP contribution < -0.4 is 10.6 Å². The van der Waals surface area contributed by atoms with E-state index in [1.165, 1.54) is 0 Å². The van der Waals surface area contributed by atoms with Crippen molar-refractivity contribution < 1.29 is 23.1 Å². The van der Waals surface area contributed by atoms with Gasteiger partial charge in [0.2, 0.25) is 0 Å². The number of amides is 2. The fraction of sp³-hybridized carbons (Fsp3) is 0.818.